The van der Waals surface area contributed by atoms with Gasteiger partial charge in [-0.1, -0.05) is 79.1 Å². The maximum atomic E-state index is 6.09. The summed E-state index contributed by atoms with van der Waals surface area (Å²) in [5.74, 6) is 1.42. The Morgan fingerprint density at radius 3 is 2.15 bits per heavy atom. The lowest BCUT2D eigenvalue weighted by atomic mass is 9.84. The van der Waals surface area contributed by atoms with Gasteiger partial charge in [0.2, 0.25) is 0 Å². The number of rotatable bonds is 12. The lowest BCUT2D eigenvalue weighted by Crippen LogP contribution is -2.32. The molecule has 2 atom stereocenters. The summed E-state index contributed by atoms with van der Waals surface area (Å²) < 4.78 is 0. The smallest absolute Gasteiger partial charge is 0.124 e. The molecule has 1 aliphatic rings. The molecule has 0 saturated heterocycles. The zero-order valence-electron chi connectivity index (χ0n) is 17.8. The molecule has 1 heterocycles. The molecule has 27 heavy (non-hydrogen) atoms. The van der Waals surface area contributed by atoms with Crippen molar-refractivity contribution in [2.24, 2.45) is 33.0 Å². The van der Waals surface area contributed by atoms with Crippen LogP contribution in [0.25, 0.3) is 6.20 Å². The zero-order valence-corrected chi connectivity index (χ0v) is 17.8. The van der Waals surface area contributed by atoms with Crippen molar-refractivity contribution in [3.8, 4) is 0 Å². The standard InChI is InChI=1S/C23H38N4/c1-5-9-11-17(7-3)13-19-15-22-23(26-27-25-22)21(16-24)20(19)14-18(8-4)12-10-6-2/h15-18H,5-14,24H2,1-4H3. The van der Waals surface area contributed by atoms with Crippen molar-refractivity contribution in [1.29, 1.82) is 0 Å². The van der Waals surface area contributed by atoms with Gasteiger partial charge in [0, 0.05) is 11.4 Å². The largest absolute Gasteiger partial charge is 0.404 e. The maximum Gasteiger partial charge on any atom is 0.124 e. The molecule has 1 aliphatic heterocycles. The van der Waals surface area contributed by atoms with Gasteiger partial charge in [0.25, 0.3) is 0 Å². The number of unbranched alkanes of at least 4 members (excludes halogenated alkanes) is 2. The lowest BCUT2D eigenvalue weighted by Gasteiger charge is -2.21. The molecule has 0 aromatic heterocycles. The van der Waals surface area contributed by atoms with Crippen LogP contribution in [0.4, 0.5) is 5.69 Å². The number of benzene rings is 1. The minimum atomic E-state index is 0.700. The van der Waals surface area contributed by atoms with Gasteiger partial charge in [0.15, 0.2) is 0 Å². The third-order valence-electron chi connectivity index (χ3n) is 6.07. The van der Waals surface area contributed by atoms with Crippen molar-refractivity contribution in [2.75, 3.05) is 0 Å². The van der Waals surface area contributed by atoms with Crippen LogP contribution in [0.1, 0.15) is 90.2 Å². The summed E-state index contributed by atoms with van der Waals surface area (Å²) in [6.45, 7) is 9.17. The second kappa shape index (κ2) is 11.2. The number of nitrogens with two attached hydrogens (primary N) is 1. The molecule has 4 nitrogen and oxygen atoms in total. The van der Waals surface area contributed by atoms with E-state index in [1.165, 1.54) is 62.5 Å². The number of hydrogen-bond acceptors (Lipinski definition) is 4. The van der Waals surface area contributed by atoms with Gasteiger partial charge in [-0.2, -0.15) is 0 Å². The van der Waals surface area contributed by atoms with Gasteiger partial charge in [-0.15, -0.1) is 10.2 Å². The zero-order chi connectivity index (χ0) is 19.6. The summed E-state index contributed by atoms with van der Waals surface area (Å²) in [6.07, 6.45) is 14.1. The molecule has 0 saturated carbocycles. The minimum Gasteiger partial charge on any atom is -0.404 e. The Bertz CT molecular complexity index is 736. The average Bonchev–Trinajstić information content (AvgIpc) is 3.16. The van der Waals surface area contributed by atoms with Crippen molar-refractivity contribution in [1.82, 2.24) is 0 Å². The van der Waals surface area contributed by atoms with E-state index in [1.807, 2.05) is 0 Å². The highest BCUT2D eigenvalue weighted by Crippen LogP contribution is 2.26. The quantitative estimate of drug-likeness (QED) is 0.516. The first-order valence-corrected chi connectivity index (χ1v) is 11.0. The Kier molecular flexibility index (Phi) is 8.96. The monoisotopic (exact) mass is 370 g/mol. The van der Waals surface area contributed by atoms with Crippen molar-refractivity contribution in [3.63, 3.8) is 0 Å². The fraction of sp³-hybridized carbons (Fsp3) is 0.696. The van der Waals surface area contributed by atoms with E-state index in [-0.39, 0.29) is 0 Å². The Morgan fingerprint density at radius 1 is 0.963 bits per heavy atom. The SMILES string of the molecule is CCCCC(CC)Cc1cc2c(c(=CN)c1CC(CC)CCCC)=NN=N2. The first kappa shape index (κ1) is 21.6. The molecule has 2 N–H and O–H groups in total. The molecule has 2 unspecified atom stereocenters. The van der Waals surface area contributed by atoms with Gasteiger partial charge in [0.1, 0.15) is 11.0 Å². The summed E-state index contributed by atoms with van der Waals surface area (Å²) in [6, 6.07) is 2.23. The van der Waals surface area contributed by atoms with Crippen LogP contribution in [0, 0.1) is 11.8 Å². The lowest BCUT2D eigenvalue weighted by molar-refractivity contribution is 0.433. The van der Waals surface area contributed by atoms with Crippen LogP contribution in [0.5, 0.6) is 0 Å². The van der Waals surface area contributed by atoms with Gasteiger partial charge < -0.3 is 5.73 Å². The van der Waals surface area contributed by atoms with Crippen LogP contribution in [0.2, 0.25) is 0 Å². The van der Waals surface area contributed by atoms with Crippen LogP contribution < -0.4 is 16.3 Å². The summed E-state index contributed by atoms with van der Waals surface area (Å²) in [5, 5.41) is 14.3. The van der Waals surface area contributed by atoms with E-state index in [9.17, 15) is 0 Å². The topological polar surface area (TPSA) is 63.1 Å². The third kappa shape index (κ3) is 5.63. The van der Waals surface area contributed by atoms with Crippen LogP contribution in [-0.4, -0.2) is 0 Å². The van der Waals surface area contributed by atoms with Crippen molar-refractivity contribution in [2.45, 2.75) is 91.9 Å². The normalized spacial score (nSPS) is 15.6. The van der Waals surface area contributed by atoms with Gasteiger partial charge in [-0.3, -0.25) is 0 Å². The number of nitrogens with zero attached hydrogens (tertiary/aromatic N) is 3. The summed E-state index contributed by atoms with van der Waals surface area (Å²) >= 11 is 0. The molecular weight excluding hydrogens is 332 g/mol. The molecule has 0 aliphatic carbocycles. The Hall–Kier alpha value is -1.71. The van der Waals surface area contributed by atoms with E-state index in [0.717, 1.165) is 35.0 Å². The van der Waals surface area contributed by atoms with E-state index in [0.29, 0.717) is 5.92 Å². The summed E-state index contributed by atoms with van der Waals surface area (Å²) in [5.41, 5.74) is 9.78. The third-order valence-corrected chi connectivity index (χ3v) is 6.07. The number of fused-ring (bicyclic) bond motifs is 1. The van der Waals surface area contributed by atoms with Crippen molar-refractivity contribution in [3.05, 3.63) is 27.8 Å². The van der Waals surface area contributed by atoms with Crippen molar-refractivity contribution >= 4 is 11.9 Å². The average molecular weight is 371 g/mol. The van der Waals surface area contributed by atoms with Gasteiger partial charge in [-0.05, 0) is 47.1 Å². The molecule has 0 bridgehead atoms. The van der Waals surface area contributed by atoms with E-state index in [4.69, 9.17) is 5.73 Å². The fourth-order valence-corrected chi connectivity index (χ4v) is 4.16. The van der Waals surface area contributed by atoms with Crippen LogP contribution in [0.3, 0.4) is 0 Å². The molecule has 0 amide bonds. The predicted octanol–water partition coefficient (Wildman–Crippen LogP) is 5.53. The highest BCUT2D eigenvalue weighted by molar-refractivity contribution is 5.48. The molecule has 1 aromatic carbocycles. The molecule has 150 valence electrons. The Morgan fingerprint density at radius 2 is 1.59 bits per heavy atom. The highest BCUT2D eigenvalue weighted by atomic mass is 15.4. The van der Waals surface area contributed by atoms with Crippen LogP contribution in [0.15, 0.2) is 21.5 Å². The Labute approximate surface area is 165 Å². The van der Waals surface area contributed by atoms with Gasteiger partial charge in [-0.25, -0.2) is 0 Å². The van der Waals surface area contributed by atoms with Crippen LogP contribution >= 0.6 is 0 Å². The second-order valence-electron chi connectivity index (χ2n) is 7.99. The van der Waals surface area contributed by atoms with Gasteiger partial charge in [0.05, 0.1) is 0 Å². The second-order valence-corrected chi connectivity index (χ2v) is 7.99. The fourth-order valence-electron chi connectivity index (χ4n) is 4.16. The first-order chi connectivity index (χ1) is 13.2. The van der Waals surface area contributed by atoms with Crippen LogP contribution in [-0.2, 0) is 12.8 Å². The molecule has 0 fully saturated rings. The maximum absolute atomic E-state index is 6.09. The molecule has 2 rings (SSSR count). The summed E-state index contributed by atoms with van der Waals surface area (Å²) in [4.78, 5) is 0. The highest BCUT2D eigenvalue weighted by Gasteiger charge is 2.19. The number of hydrogen-bond donors (Lipinski definition) is 1. The first-order valence-electron chi connectivity index (χ1n) is 11.0. The van der Waals surface area contributed by atoms with Gasteiger partial charge >= 0.3 is 0 Å². The molecular formula is C23H38N4. The van der Waals surface area contributed by atoms with Crippen molar-refractivity contribution < 1.29 is 0 Å². The molecule has 0 spiro atoms. The minimum absolute atomic E-state index is 0.700. The van der Waals surface area contributed by atoms with E-state index in [2.05, 4.69) is 49.2 Å². The molecule has 1 aromatic rings. The molecule has 0 radical (unpaired) electrons. The van der Waals surface area contributed by atoms with E-state index < -0.39 is 0 Å². The molecule has 4 heteroatoms. The van der Waals surface area contributed by atoms with E-state index >= 15 is 0 Å². The predicted molar refractivity (Wildman–Crippen MR) is 114 cm³/mol. The van der Waals surface area contributed by atoms with E-state index in [1.54, 1.807) is 6.20 Å². The Balaban J connectivity index is 2.42. The summed E-state index contributed by atoms with van der Waals surface area (Å²) in [7, 11) is 0.